The first-order chi connectivity index (χ1) is 9.70. The van der Waals surface area contributed by atoms with Gasteiger partial charge >= 0.3 is 0 Å². The third-order valence-corrected chi connectivity index (χ3v) is 4.83. The van der Waals surface area contributed by atoms with Crippen molar-refractivity contribution in [2.75, 3.05) is 5.88 Å². The maximum atomic E-state index is 6.30. The van der Waals surface area contributed by atoms with Gasteiger partial charge in [0.1, 0.15) is 11.3 Å². The summed E-state index contributed by atoms with van der Waals surface area (Å²) in [5.41, 5.74) is 2.09. The Kier molecular flexibility index (Phi) is 4.23. The average molecular weight is 311 g/mol. The quantitative estimate of drug-likeness (QED) is 0.710. The van der Waals surface area contributed by atoms with Crippen LogP contribution in [0.2, 0.25) is 5.02 Å². The van der Waals surface area contributed by atoms with Crippen molar-refractivity contribution in [3.63, 3.8) is 0 Å². The van der Waals surface area contributed by atoms with Crippen LogP contribution in [0.15, 0.2) is 18.2 Å². The molecule has 0 amide bonds. The molecule has 2 atom stereocenters. The van der Waals surface area contributed by atoms with Gasteiger partial charge in [-0.1, -0.05) is 37.4 Å². The Hall–Kier alpha value is -0.730. The van der Waals surface area contributed by atoms with Crippen molar-refractivity contribution in [1.82, 2.24) is 9.55 Å². The van der Waals surface area contributed by atoms with Crippen LogP contribution in [0.5, 0.6) is 0 Å². The lowest BCUT2D eigenvalue weighted by molar-refractivity contribution is 0.283. The second-order valence-corrected chi connectivity index (χ2v) is 6.66. The highest BCUT2D eigenvalue weighted by Crippen LogP contribution is 2.36. The summed E-state index contributed by atoms with van der Waals surface area (Å²) >= 11 is 12.3. The molecule has 1 aliphatic carbocycles. The summed E-state index contributed by atoms with van der Waals surface area (Å²) in [7, 11) is 0. The Morgan fingerprint density at radius 3 is 2.95 bits per heavy atom. The molecule has 1 heterocycles. The fourth-order valence-electron chi connectivity index (χ4n) is 3.44. The summed E-state index contributed by atoms with van der Waals surface area (Å²) in [6, 6.07) is 6.60. The second kappa shape index (κ2) is 5.95. The Bertz CT molecular complexity index is 606. The lowest BCUT2D eigenvalue weighted by Crippen LogP contribution is -2.19. The fourth-order valence-corrected chi connectivity index (χ4v) is 3.82. The lowest BCUT2D eigenvalue weighted by atomic mass is 9.87. The zero-order chi connectivity index (χ0) is 14.1. The molecule has 0 saturated heterocycles. The maximum absolute atomic E-state index is 6.30. The van der Waals surface area contributed by atoms with Gasteiger partial charge in [0.2, 0.25) is 0 Å². The zero-order valence-electron chi connectivity index (χ0n) is 11.8. The first kappa shape index (κ1) is 14.2. The number of benzene rings is 1. The number of halogens is 2. The number of alkyl halides is 1. The molecule has 0 radical (unpaired) electrons. The standard InChI is InChI=1S/C16H20Cl2N2/c1-11-4-2-5-12(10-11)20-14-7-3-6-13(18)16(14)19-15(20)8-9-17/h3,6-7,11-12H,2,4-5,8-10H2,1H3. The fraction of sp³-hybridized carbons (Fsp3) is 0.562. The van der Waals surface area contributed by atoms with E-state index in [1.165, 1.54) is 25.7 Å². The smallest absolute Gasteiger partial charge is 0.111 e. The monoisotopic (exact) mass is 310 g/mol. The molecule has 1 fully saturated rings. The molecule has 1 saturated carbocycles. The molecule has 3 rings (SSSR count). The summed E-state index contributed by atoms with van der Waals surface area (Å²) in [6.07, 6.45) is 5.91. The van der Waals surface area contributed by atoms with Crippen LogP contribution in [-0.4, -0.2) is 15.4 Å². The highest BCUT2D eigenvalue weighted by Gasteiger charge is 2.24. The molecular weight excluding hydrogens is 291 g/mol. The minimum Gasteiger partial charge on any atom is -0.325 e. The van der Waals surface area contributed by atoms with Crippen LogP contribution in [0.3, 0.4) is 0 Å². The van der Waals surface area contributed by atoms with Crippen molar-refractivity contribution < 1.29 is 0 Å². The van der Waals surface area contributed by atoms with E-state index in [4.69, 9.17) is 28.2 Å². The summed E-state index contributed by atoms with van der Waals surface area (Å²) < 4.78 is 2.40. The highest BCUT2D eigenvalue weighted by molar-refractivity contribution is 6.34. The Labute approximate surface area is 130 Å². The largest absolute Gasteiger partial charge is 0.325 e. The molecule has 1 aromatic heterocycles. The molecule has 0 bridgehead atoms. The maximum Gasteiger partial charge on any atom is 0.111 e. The second-order valence-electron chi connectivity index (χ2n) is 5.87. The number of hydrogen-bond donors (Lipinski definition) is 0. The summed E-state index contributed by atoms with van der Waals surface area (Å²) in [6.45, 7) is 2.35. The van der Waals surface area contributed by atoms with Gasteiger partial charge < -0.3 is 4.57 Å². The van der Waals surface area contributed by atoms with Gasteiger partial charge in [-0.05, 0) is 30.9 Å². The summed E-state index contributed by atoms with van der Waals surface area (Å²) in [4.78, 5) is 4.75. The molecule has 0 spiro atoms. The minimum atomic E-state index is 0.542. The third-order valence-electron chi connectivity index (χ3n) is 4.34. The first-order valence-corrected chi connectivity index (χ1v) is 8.33. The highest BCUT2D eigenvalue weighted by atomic mass is 35.5. The summed E-state index contributed by atoms with van der Waals surface area (Å²) in [5, 5.41) is 0.737. The predicted molar refractivity (Wildman–Crippen MR) is 85.8 cm³/mol. The van der Waals surface area contributed by atoms with Gasteiger partial charge in [-0.3, -0.25) is 0 Å². The van der Waals surface area contributed by atoms with Crippen LogP contribution >= 0.6 is 23.2 Å². The zero-order valence-corrected chi connectivity index (χ0v) is 13.3. The molecule has 20 heavy (non-hydrogen) atoms. The lowest BCUT2D eigenvalue weighted by Gasteiger charge is -2.29. The number of imidazole rings is 1. The van der Waals surface area contributed by atoms with Gasteiger partial charge in [0.15, 0.2) is 0 Å². The van der Waals surface area contributed by atoms with Crippen LogP contribution in [0.1, 0.15) is 44.5 Å². The Balaban J connectivity index is 2.11. The van der Waals surface area contributed by atoms with Crippen LogP contribution in [0.4, 0.5) is 0 Å². The molecular formula is C16H20Cl2N2. The van der Waals surface area contributed by atoms with Crippen LogP contribution < -0.4 is 0 Å². The number of aryl methyl sites for hydroxylation is 1. The van der Waals surface area contributed by atoms with E-state index in [0.29, 0.717) is 11.9 Å². The Morgan fingerprint density at radius 2 is 2.20 bits per heavy atom. The van der Waals surface area contributed by atoms with Gasteiger partial charge in [-0.25, -0.2) is 4.98 Å². The SMILES string of the molecule is CC1CCCC(n2c(CCCl)nc3c(Cl)cccc32)C1. The third kappa shape index (κ3) is 2.56. The molecule has 1 aliphatic rings. The first-order valence-electron chi connectivity index (χ1n) is 7.42. The van der Waals surface area contributed by atoms with Crippen molar-refractivity contribution in [2.45, 2.75) is 45.1 Å². The molecule has 0 aliphatic heterocycles. The van der Waals surface area contributed by atoms with E-state index in [0.717, 1.165) is 34.2 Å². The number of hydrogen-bond acceptors (Lipinski definition) is 1. The van der Waals surface area contributed by atoms with Crippen molar-refractivity contribution in [2.24, 2.45) is 5.92 Å². The van der Waals surface area contributed by atoms with Crippen LogP contribution in [0, 0.1) is 5.92 Å². The van der Waals surface area contributed by atoms with E-state index in [2.05, 4.69) is 17.6 Å². The van der Waals surface area contributed by atoms with Gasteiger partial charge in [-0.2, -0.15) is 0 Å². The van der Waals surface area contributed by atoms with Crippen molar-refractivity contribution >= 4 is 34.2 Å². The number of fused-ring (bicyclic) bond motifs is 1. The molecule has 2 nitrogen and oxygen atoms in total. The van der Waals surface area contributed by atoms with E-state index in [9.17, 15) is 0 Å². The van der Waals surface area contributed by atoms with Crippen molar-refractivity contribution in [1.29, 1.82) is 0 Å². The van der Waals surface area contributed by atoms with Crippen LogP contribution in [-0.2, 0) is 6.42 Å². The predicted octanol–water partition coefficient (Wildman–Crippen LogP) is 5.22. The van der Waals surface area contributed by atoms with Crippen molar-refractivity contribution in [3.05, 3.63) is 29.0 Å². The molecule has 2 aromatic rings. The number of aromatic nitrogens is 2. The van der Waals surface area contributed by atoms with E-state index in [1.54, 1.807) is 0 Å². The number of rotatable bonds is 3. The molecule has 2 unspecified atom stereocenters. The van der Waals surface area contributed by atoms with E-state index < -0.39 is 0 Å². The topological polar surface area (TPSA) is 17.8 Å². The van der Waals surface area contributed by atoms with E-state index >= 15 is 0 Å². The van der Waals surface area contributed by atoms with E-state index in [-0.39, 0.29) is 0 Å². The molecule has 1 aromatic carbocycles. The molecule has 4 heteroatoms. The molecule has 108 valence electrons. The number of para-hydroxylation sites is 1. The molecule has 0 N–H and O–H groups in total. The Morgan fingerprint density at radius 1 is 1.35 bits per heavy atom. The van der Waals surface area contributed by atoms with Crippen molar-refractivity contribution in [3.8, 4) is 0 Å². The number of nitrogens with zero attached hydrogens (tertiary/aromatic N) is 2. The van der Waals surface area contributed by atoms with Crippen LogP contribution in [0.25, 0.3) is 11.0 Å². The van der Waals surface area contributed by atoms with Gasteiger partial charge in [0.25, 0.3) is 0 Å². The minimum absolute atomic E-state index is 0.542. The average Bonchev–Trinajstić information content (AvgIpc) is 2.79. The van der Waals surface area contributed by atoms with Gasteiger partial charge in [0, 0.05) is 18.3 Å². The van der Waals surface area contributed by atoms with Gasteiger partial charge in [-0.15, -0.1) is 11.6 Å². The normalized spacial score (nSPS) is 23.4. The summed E-state index contributed by atoms with van der Waals surface area (Å²) in [5.74, 6) is 2.47. The van der Waals surface area contributed by atoms with Gasteiger partial charge in [0.05, 0.1) is 10.5 Å². The van der Waals surface area contributed by atoms with E-state index in [1.807, 2.05) is 12.1 Å².